The van der Waals surface area contributed by atoms with E-state index in [9.17, 15) is 13.6 Å². The van der Waals surface area contributed by atoms with Gasteiger partial charge < -0.3 is 4.74 Å². The van der Waals surface area contributed by atoms with Gasteiger partial charge in [-0.2, -0.15) is 9.36 Å². The lowest BCUT2D eigenvalue weighted by Gasteiger charge is -2.14. The van der Waals surface area contributed by atoms with E-state index in [0.29, 0.717) is 16.9 Å². The van der Waals surface area contributed by atoms with Gasteiger partial charge in [0.2, 0.25) is 0 Å². The van der Waals surface area contributed by atoms with Crippen molar-refractivity contribution in [3.8, 4) is 22.7 Å². The lowest BCUT2D eigenvalue weighted by Crippen LogP contribution is -2.23. The molecule has 0 unspecified atom stereocenters. The molecule has 0 aliphatic heterocycles. The van der Waals surface area contributed by atoms with Gasteiger partial charge in [0, 0.05) is 30.4 Å². The normalized spacial score (nSPS) is 10.9. The van der Waals surface area contributed by atoms with Gasteiger partial charge in [0.1, 0.15) is 12.4 Å². The highest BCUT2D eigenvalue weighted by molar-refractivity contribution is 5.61. The minimum absolute atomic E-state index is 0.0446. The Hall–Kier alpha value is -3.88. The summed E-state index contributed by atoms with van der Waals surface area (Å²) < 4.78 is 37.0. The molecule has 4 rings (SSSR count). The van der Waals surface area contributed by atoms with Gasteiger partial charge in [-0.15, -0.1) is 0 Å². The van der Waals surface area contributed by atoms with Crippen molar-refractivity contribution in [3.63, 3.8) is 0 Å². The third kappa shape index (κ3) is 3.57. The number of tetrazole rings is 1. The van der Waals surface area contributed by atoms with Crippen LogP contribution in [0.5, 0.6) is 5.75 Å². The van der Waals surface area contributed by atoms with E-state index in [2.05, 4.69) is 15.4 Å². The molecule has 0 atom stereocenters. The molecule has 7 nitrogen and oxygen atoms in total. The van der Waals surface area contributed by atoms with E-state index in [1.807, 2.05) is 13.0 Å². The van der Waals surface area contributed by atoms with E-state index >= 15 is 0 Å². The second-order valence-electron chi connectivity index (χ2n) is 6.64. The number of halogens is 2. The summed E-state index contributed by atoms with van der Waals surface area (Å²) in [5, 5.41) is 7.55. The summed E-state index contributed by atoms with van der Waals surface area (Å²) >= 11 is 0. The van der Waals surface area contributed by atoms with Crippen LogP contribution in [-0.2, 0) is 13.7 Å². The fraction of sp³-hybridized carbons (Fsp3) is 0.143. The van der Waals surface area contributed by atoms with Crippen LogP contribution in [0.15, 0.2) is 59.5 Å². The van der Waals surface area contributed by atoms with E-state index in [1.165, 1.54) is 13.2 Å². The number of aromatic nitrogens is 5. The topological polar surface area (TPSA) is 74.8 Å². The maximum absolute atomic E-state index is 14.6. The molecule has 2 heterocycles. The van der Waals surface area contributed by atoms with Crippen LogP contribution >= 0.6 is 0 Å². The van der Waals surface area contributed by atoms with Crippen LogP contribution in [0.25, 0.3) is 16.9 Å². The van der Waals surface area contributed by atoms with E-state index in [-0.39, 0.29) is 17.9 Å². The van der Waals surface area contributed by atoms with Gasteiger partial charge in [0.25, 0.3) is 0 Å². The smallest absolute Gasteiger partial charge is 0.368 e. The predicted molar refractivity (Wildman–Crippen MR) is 105 cm³/mol. The fourth-order valence-corrected chi connectivity index (χ4v) is 3.05. The lowest BCUT2D eigenvalue weighted by molar-refractivity contribution is 0.287. The Morgan fingerprint density at radius 3 is 2.57 bits per heavy atom. The van der Waals surface area contributed by atoms with Crippen molar-refractivity contribution >= 4 is 0 Å². The first kappa shape index (κ1) is 19.4. The summed E-state index contributed by atoms with van der Waals surface area (Å²) in [6.45, 7) is 1.73. The first-order valence-corrected chi connectivity index (χ1v) is 9.07. The van der Waals surface area contributed by atoms with Crippen molar-refractivity contribution in [3.05, 3.63) is 88.0 Å². The maximum Gasteiger partial charge on any atom is 0.368 e. The quantitative estimate of drug-likeness (QED) is 0.506. The highest BCUT2D eigenvalue weighted by Crippen LogP contribution is 2.29. The number of pyridine rings is 1. The van der Waals surface area contributed by atoms with Crippen LogP contribution in [0.4, 0.5) is 8.78 Å². The molecule has 0 radical (unpaired) electrons. The Bertz CT molecular complexity index is 1270. The van der Waals surface area contributed by atoms with Crippen molar-refractivity contribution in [2.24, 2.45) is 7.05 Å². The number of rotatable bonds is 5. The molecule has 9 heteroatoms. The van der Waals surface area contributed by atoms with Crippen LogP contribution in [0.3, 0.4) is 0 Å². The Labute approximate surface area is 170 Å². The summed E-state index contributed by atoms with van der Waals surface area (Å²) in [7, 11) is 1.49. The van der Waals surface area contributed by atoms with E-state index in [0.717, 1.165) is 27.1 Å². The van der Waals surface area contributed by atoms with Crippen LogP contribution in [0.1, 0.15) is 11.1 Å². The summed E-state index contributed by atoms with van der Waals surface area (Å²) in [6, 6.07) is 12.3. The third-order valence-corrected chi connectivity index (χ3v) is 4.67. The molecule has 0 fully saturated rings. The number of benzene rings is 2. The van der Waals surface area contributed by atoms with Crippen LogP contribution in [-0.4, -0.2) is 24.8 Å². The molecule has 152 valence electrons. The second-order valence-corrected chi connectivity index (χ2v) is 6.64. The Morgan fingerprint density at radius 2 is 1.87 bits per heavy atom. The van der Waals surface area contributed by atoms with Gasteiger partial charge in [0.05, 0.1) is 11.4 Å². The van der Waals surface area contributed by atoms with E-state index in [1.54, 1.807) is 30.3 Å². The maximum atomic E-state index is 14.6. The van der Waals surface area contributed by atoms with E-state index in [4.69, 9.17) is 4.74 Å². The van der Waals surface area contributed by atoms with Gasteiger partial charge >= 0.3 is 5.69 Å². The van der Waals surface area contributed by atoms with Gasteiger partial charge in [-0.05, 0) is 47.2 Å². The number of hydrogen-bond acceptors (Lipinski definition) is 5. The average molecular weight is 409 g/mol. The molecule has 0 saturated heterocycles. The summed E-state index contributed by atoms with van der Waals surface area (Å²) in [5.74, 6) is -1.61. The minimum atomic E-state index is -0.719. The summed E-state index contributed by atoms with van der Waals surface area (Å²) in [4.78, 5) is 16.3. The molecule has 0 spiro atoms. The molecule has 0 aliphatic rings. The molecule has 0 N–H and O–H groups in total. The van der Waals surface area contributed by atoms with Crippen LogP contribution < -0.4 is 10.4 Å². The van der Waals surface area contributed by atoms with Crippen molar-refractivity contribution in [2.75, 3.05) is 0 Å². The van der Waals surface area contributed by atoms with Crippen molar-refractivity contribution in [1.82, 2.24) is 24.8 Å². The predicted octanol–water partition coefficient (Wildman–Crippen LogP) is 3.19. The fourth-order valence-electron chi connectivity index (χ4n) is 3.05. The van der Waals surface area contributed by atoms with Crippen LogP contribution in [0.2, 0.25) is 0 Å². The summed E-state index contributed by atoms with van der Waals surface area (Å²) in [5.41, 5.74) is 1.80. The number of hydrogen-bond donors (Lipinski definition) is 0. The molecule has 0 bridgehead atoms. The molecular formula is C21H17F2N5O2. The zero-order chi connectivity index (χ0) is 21.3. The van der Waals surface area contributed by atoms with Crippen LogP contribution in [0, 0.1) is 18.6 Å². The Kier molecular flexibility index (Phi) is 5.09. The molecule has 4 aromatic rings. The first-order valence-electron chi connectivity index (χ1n) is 9.07. The highest BCUT2D eigenvalue weighted by atomic mass is 19.1. The monoisotopic (exact) mass is 409 g/mol. The van der Waals surface area contributed by atoms with Gasteiger partial charge in [-0.3, -0.25) is 4.98 Å². The lowest BCUT2D eigenvalue weighted by atomic mass is 10.1. The van der Waals surface area contributed by atoms with Crippen molar-refractivity contribution in [2.45, 2.75) is 13.5 Å². The van der Waals surface area contributed by atoms with E-state index < -0.39 is 17.3 Å². The van der Waals surface area contributed by atoms with Crippen molar-refractivity contribution < 1.29 is 13.5 Å². The van der Waals surface area contributed by atoms with Gasteiger partial charge in [-0.1, -0.05) is 18.2 Å². The number of nitrogens with zero attached hydrogens (tertiary/aromatic N) is 5. The SMILES string of the molecule is Cc1cccc(-n2nnn(C)c2=O)c1COc1cc(F)c(-c2ccccn2)cc1F. The minimum Gasteiger partial charge on any atom is -0.486 e. The van der Waals surface area contributed by atoms with Gasteiger partial charge in [0.15, 0.2) is 11.6 Å². The highest BCUT2D eigenvalue weighted by Gasteiger charge is 2.17. The van der Waals surface area contributed by atoms with Gasteiger partial charge in [-0.25, -0.2) is 13.6 Å². The molecule has 0 aliphatic carbocycles. The number of ether oxygens (including phenoxy) is 1. The molecule has 0 amide bonds. The zero-order valence-electron chi connectivity index (χ0n) is 16.2. The average Bonchev–Trinajstić information content (AvgIpc) is 3.08. The Balaban J connectivity index is 1.66. The largest absolute Gasteiger partial charge is 0.486 e. The third-order valence-electron chi connectivity index (χ3n) is 4.67. The molecular weight excluding hydrogens is 392 g/mol. The number of aryl methyl sites for hydroxylation is 2. The molecule has 0 saturated carbocycles. The second kappa shape index (κ2) is 7.86. The molecule has 2 aromatic carbocycles. The summed E-state index contributed by atoms with van der Waals surface area (Å²) in [6.07, 6.45) is 1.51. The standard InChI is InChI=1S/C21H17F2N5O2/c1-13-6-5-8-19(28-21(29)27(2)25-26-28)15(13)12-30-20-11-16(22)14(10-17(20)23)18-7-3-4-9-24-18/h3-11H,12H2,1-2H3. The van der Waals surface area contributed by atoms with Crippen molar-refractivity contribution in [1.29, 1.82) is 0 Å². The molecule has 30 heavy (non-hydrogen) atoms. The molecule has 2 aromatic heterocycles. The zero-order valence-corrected chi connectivity index (χ0v) is 16.2. The first-order chi connectivity index (χ1) is 14.5. The Morgan fingerprint density at radius 1 is 1.03 bits per heavy atom.